The van der Waals surface area contributed by atoms with E-state index in [0.29, 0.717) is 0 Å². The zero-order valence-electron chi connectivity index (χ0n) is 20.8. The summed E-state index contributed by atoms with van der Waals surface area (Å²) in [5.41, 5.74) is 2.72. The summed E-state index contributed by atoms with van der Waals surface area (Å²) in [7, 11) is -2.43. The van der Waals surface area contributed by atoms with Gasteiger partial charge < -0.3 is 10.2 Å². The Bertz CT molecular complexity index is 1370. The number of carbonyl (C=O) groups excluding carboxylic acids is 2. The molecule has 0 aromatic heterocycles. The number of anilines is 1. The summed E-state index contributed by atoms with van der Waals surface area (Å²) in [5.74, 6) is -0.924. The van der Waals surface area contributed by atoms with E-state index in [4.69, 9.17) is 23.2 Å². The van der Waals surface area contributed by atoms with E-state index in [1.807, 2.05) is 61.5 Å². The molecule has 10 heteroatoms. The fraction of sp³-hybridized carbons (Fsp3) is 0.259. The second-order valence-corrected chi connectivity index (χ2v) is 11.4. The molecule has 7 nitrogen and oxygen atoms in total. The van der Waals surface area contributed by atoms with Crippen LogP contribution in [0.1, 0.15) is 16.7 Å². The first-order chi connectivity index (χ1) is 17.5. The molecule has 0 fully saturated rings. The van der Waals surface area contributed by atoms with Gasteiger partial charge in [0, 0.05) is 25.0 Å². The normalized spacial score (nSPS) is 12.0. The molecule has 1 atom stereocenters. The summed E-state index contributed by atoms with van der Waals surface area (Å²) in [6.07, 6.45) is 1.23. The zero-order valence-corrected chi connectivity index (χ0v) is 23.1. The van der Waals surface area contributed by atoms with Crippen molar-refractivity contribution in [2.45, 2.75) is 25.9 Å². The van der Waals surface area contributed by atoms with Crippen molar-refractivity contribution >= 4 is 50.7 Å². The van der Waals surface area contributed by atoms with Gasteiger partial charge in [-0.3, -0.25) is 13.9 Å². The Hall–Kier alpha value is -3.07. The summed E-state index contributed by atoms with van der Waals surface area (Å²) in [4.78, 5) is 28.4. The van der Waals surface area contributed by atoms with E-state index in [1.165, 1.54) is 30.1 Å². The van der Waals surface area contributed by atoms with E-state index in [1.54, 1.807) is 0 Å². The van der Waals surface area contributed by atoms with Crippen molar-refractivity contribution in [2.75, 3.05) is 24.2 Å². The highest BCUT2D eigenvalue weighted by Crippen LogP contribution is 2.31. The molecule has 1 unspecified atom stereocenters. The molecule has 0 aliphatic heterocycles. The second kappa shape index (κ2) is 12.4. The Labute approximate surface area is 228 Å². The van der Waals surface area contributed by atoms with Crippen molar-refractivity contribution in [3.05, 3.63) is 99.5 Å². The molecule has 0 saturated carbocycles. The van der Waals surface area contributed by atoms with Crippen LogP contribution in [0.15, 0.2) is 72.8 Å². The average molecular weight is 563 g/mol. The van der Waals surface area contributed by atoms with Gasteiger partial charge >= 0.3 is 0 Å². The van der Waals surface area contributed by atoms with Crippen molar-refractivity contribution in [3.8, 4) is 0 Å². The number of hydrogen-bond donors (Lipinski definition) is 1. The minimum atomic E-state index is -3.94. The number of halogens is 2. The lowest BCUT2D eigenvalue weighted by Gasteiger charge is -2.33. The maximum Gasteiger partial charge on any atom is 0.244 e. The van der Waals surface area contributed by atoms with Crippen LogP contribution in [0.2, 0.25) is 10.0 Å². The van der Waals surface area contributed by atoms with Gasteiger partial charge in [-0.1, -0.05) is 77.8 Å². The minimum absolute atomic E-state index is 0.0837. The highest BCUT2D eigenvalue weighted by Gasteiger charge is 2.33. The van der Waals surface area contributed by atoms with Crippen LogP contribution in [-0.2, 0) is 32.6 Å². The monoisotopic (exact) mass is 561 g/mol. The molecule has 2 amide bonds. The number of aryl methyl sites for hydroxylation is 1. The molecule has 0 aliphatic rings. The highest BCUT2D eigenvalue weighted by molar-refractivity contribution is 7.92. The fourth-order valence-corrected chi connectivity index (χ4v) is 5.25. The molecule has 0 spiro atoms. The first-order valence-corrected chi connectivity index (χ1v) is 14.1. The molecule has 0 bridgehead atoms. The SMILES string of the molecule is CNC(=O)C(Cc1ccccc1)N(Cc1ccccc1C)C(=O)CN(c1cc(Cl)ccc1Cl)S(C)(=O)=O. The van der Waals surface area contributed by atoms with Crippen molar-refractivity contribution in [1.82, 2.24) is 10.2 Å². The smallest absolute Gasteiger partial charge is 0.244 e. The van der Waals surface area contributed by atoms with Crippen LogP contribution < -0.4 is 9.62 Å². The lowest BCUT2D eigenvalue weighted by Crippen LogP contribution is -2.53. The van der Waals surface area contributed by atoms with Gasteiger partial charge in [-0.05, 0) is 41.8 Å². The number of amides is 2. The van der Waals surface area contributed by atoms with E-state index in [0.717, 1.165) is 27.3 Å². The third-order valence-corrected chi connectivity index (χ3v) is 7.66. The Morgan fingerprint density at radius 1 is 0.973 bits per heavy atom. The van der Waals surface area contributed by atoms with Gasteiger partial charge in [0.05, 0.1) is 17.0 Å². The van der Waals surface area contributed by atoms with Crippen LogP contribution in [0.5, 0.6) is 0 Å². The lowest BCUT2D eigenvalue weighted by molar-refractivity contribution is -0.139. The summed E-state index contributed by atoms with van der Waals surface area (Å²) >= 11 is 12.4. The van der Waals surface area contributed by atoms with Crippen LogP contribution in [0.25, 0.3) is 0 Å². The number of benzene rings is 3. The first kappa shape index (κ1) is 28.5. The van der Waals surface area contributed by atoms with Gasteiger partial charge in [-0.15, -0.1) is 0 Å². The van der Waals surface area contributed by atoms with Crippen LogP contribution in [0.3, 0.4) is 0 Å². The Kier molecular flexibility index (Phi) is 9.59. The molecular weight excluding hydrogens is 533 g/mol. The quantitative estimate of drug-likeness (QED) is 0.396. The summed E-state index contributed by atoms with van der Waals surface area (Å²) in [6, 6.07) is 20.4. The van der Waals surface area contributed by atoms with Crippen molar-refractivity contribution in [2.24, 2.45) is 0 Å². The lowest BCUT2D eigenvalue weighted by atomic mass is 10.0. The Balaban J connectivity index is 2.07. The first-order valence-electron chi connectivity index (χ1n) is 11.5. The maximum absolute atomic E-state index is 13.9. The highest BCUT2D eigenvalue weighted by atomic mass is 35.5. The summed E-state index contributed by atoms with van der Waals surface area (Å²) in [5, 5.41) is 3.04. The van der Waals surface area contributed by atoms with Crippen molar-refractivity contribution in [1.29, 1.82) is 0 Å². The van der Waals surface area contributed by atoms with Crippen molar-refractivity contribution < 1.29 is 18.0 Å². The number of hydrogen-bond acceptors (Lipinski definition) is 4. The summed E-state index contributed by atoms with van der Waals surface area (Å²) in [6.45, 7) is 1.46. The number of nitrogens with one attached hydrogen (secondary N) is 1. The third-order valence-electron chi connectivity index (χ3n) is 5.98. The summed E-state index contributed by atoms with van der Waals surface area (Å²) < 4.78 is 26.5. The fourth-order valence-electron chi connectivity index (χ4n) is 3.96. The molecule has 0 saturated heterocycles. The van der Waals surface area contributed by atoms with Crippen LogP contribution in [0, 0.1) is 6.92 Å². The zero-order chi connectivity index (χ0) is 27.2. The number of rotatable bonds is 10. The van der Waals surface area contributed by atoms with Gasteiger partial charge in [0.25, 0.3) is 0 Å². The van der Waals surface area contributed by atoms with Gasteiger partial charge in [0.15, 0.2) is 0 Å². The van der Waals surface area contributed by atoms with E-state index in [-0.39, 0.29) is 34.6 Å². The predicted octanol–water partition coefficient (Wildman–Crippen LogP) is 4.45. The third kappa shape index (κ3) is 7.47. The van der Waals surface area contributed by atoms with E-state index < -0.39 is 28.5 Å². The van der Waals surface area contributed by atoms with E-state index in [9.17, 15) is 18.0 Å². The van der Waals surface area contributed by atoms with E-state index >= 15 is 0 Å². The average Bonchev–Trinajstić information content (AvgIpc) is 2.86. The predicted molar refractivity (Wildman–Crippen MR) is 148 cm³/mol. The van der Waals surface area contributed by atoms with Crippen molar-refractivity contribution in [3.63, 3.8) is 0 Å². The standard InChI is InChI=1S/C27H29Cl2N3O4S/c1-19-9-7-8-12-21(19)17-31(25(27(34)30-2)15-20-10-5-4-6-11-20)26(33)18-32(37(3,35)36)24-16-22(28)13-14-23(24)29/h4-14,16,25H,15,17-18H2,1-3H3,(H,30,34). The largest absolute Gasteiger partial charge is 0.357 e. The number of nitrogens with zero attached hydrogens (tertiary/aromatic N) is 2. The molecular formula is C27H29Cl2N3O4S. The number of likely N-dealkylation sites (N-methyl/N-ethyl adjacent to an activating group) is 1. The molecule has 0 radical (unpaired) electrons. The van der Waals surface area contributed by atoms with Crippen LogP contribution >= 0.6 is 23.2 Å². The van der Waals surface area contributed by atoms with Gasteiger partial charge in [-0.25, -0.2) is 8.42 Å². The second-order valence-electron chi connectivity index (χ2n) is 8.63. The Morgan fingerprint density at radius 3 is 2.24 bits per heavy atom. The topological polar surface area (TPSA) is 86.8 Å². The molecule has 3 aromatic carbocycles. The van der Waals surface area contributed by atoms with Gasteiger partial charge in [0.1, 0.15) is 12.6 Å². The molecule has 1 N–H and O–H groups in total. The molecule has 0 aliphatic carbocycles. The molecule has 37 heavy (non-hydrogen) atoms. The van der Waals surface area contributed by atoms with E-state index in [2.05, 4.69) is 5.32 Å². The van der Waals surface area contributed by atoms with Gasteiger partial charge in [-0.2, -0.15) is 0 Å². The molecule has 3 aromatic rings. The van der Waals surface area contributed by atoms with Crippen LogP contribution in [-0.4, -0.2) is 51.0 Å². The maximum atomic E-state index is 13.9. The number of carbonyl (C=O) groups is 2. The van der Waals surface area contributed by atoms with Gasteiger partial charge in [0.2, 0.25) is 21.8 Å². The molecule has 196 valence electrons. The Morgan fingerprint density at radius 2 is 1.62 bits per heavy atom. The molecule has 0 heterocycles. The minimum Gasteiger partial charge on any atom is -0.357 e. The number of sulfonamides is 1. The molecule has 3 rings (SSSR count). The van der Waals surface area contributed by atoms with Crippen LogP contribution in [0.4, 0.5) is 5.69 Å².